The van der Waals surface area contributed by atoms with Gasteiger partial charge in [-0.15, -0.1) is 0 Å². The van der Waals surface area contributed by atoms with Gasteiger partial charge in [0.25, 0.3) is 0 Å². The number of rotatable bonds is 5. The van der Waals surface area contributed by atoms with Crippen molar-refractivity contribution in [3.8, 4) is 0 Å². The SMILES string of the molecule is CC(=O)SCC(=Cc1ccc(C(=O)O)cc1Br)B1OC(C)(C)C(C)(C)O1. The van der Waals surface area contributed by atoms with Crippen LogP contribution in [0.3, 0.4) is 0 Å². The highest BCUT2D eigenvalue weighted by molar-refractivity contribution is 9.10. The van der Waals surface area contributed by atoms with Crippen molar-refractivity contribution in [3.63, 3.8) is 0 Å². The summed E-state index contributed by atoms with van der Waals surface area (Å²) in [5.41, 5.74) is 0.838. The Labute approximate surface area is 166 Å². The number of thioether (sulfide) groups is 1. The zero-order valence-corrected chi connectivity index (χ0v) is 17.9. The topological polar surface area (TPSA) is 72.8 Å². The van der Waals surface area contributed by atoms with Crippen molar-refractivity contribution >= 4 is 52.0 Å². The molecule has 1 aliphatic rings. The van der Waals surface area contributed by atoms with Crippen LogP contribution in [0.4, 0.5) is 0 Å². The van der Waals surface area contributed by atoms with E-state index < -0.39 is 24.3 Å². The van der Waals surface area contributed by atoms with Crippen LogP contribution in [0.25, 0.3) is 6.08 Å². The molecule has 8 heteroatoms. The lowest BCUT2D eigenvalue weighted by molar-refractivity contribution is -0.109. The molecule has 1 aromatic rings. The minimum Gasteiger partial charge on any atom is -0.478 e. The molecule has 1 aromatic carbocycles. The van der Waals surface area contributed by atoms with Crippen molar-refractivity contribution in [2.24, 2.45) is 0 Å². The Balaban J connectivity index is 2.38. The zero-order valence-electron chi connectivity index (χ0n) is 15.5. The number of carboxylic acids is 1. The first-order valence-electron chi connectivity index (χ1n) is 8.15. The fraction of sp³-hybridized carbons (Fsp3) is 0.444. The van der Waals surface area contributed by atoms with Crippen molar-refractivity contribution in [2.45, 2.75) is 45.8 Å². The number of hydrogen-bond donors (Lipinski definition) is 1. The summed E-state index contributed by atoms with van der Waals surface area (Å²) in [6.07, 6.45) is 1.88. The summed E-state index contributed by atoms with van der Waals surface area (Å²) >= 11 is 4.60. The molecule has 0 amide bonds. The van der Waals surface area contributed by atoms with Gasteiger partial charge in [-0.05, 0) is 50.9 Å². The van der Waals surface area contributed by atoms with E-state index in [-0.39, 0.29) is 10.7 Å². The maximum absolute atomic E-state index is 11.4. The van der Waals surface area contributed by atoms with Gasteiger partial charge in [-0.3, -0.25) is 4.79 Å². The lowest BCUT2D eigenvalue weighted by Crippen LogP contribution is -2.41. The van der Waals surface area contributed by atoms with Crippen molar-refractivity contribution in [1.82, 2.24) is 0 Å². The summed E-state index contributed by atoms with van der Waals surface area (Å²) in [5.74, 6) is -0.557. The van der Waals surface area contributed by atoms with Crippen molar-refractivity contribution < 1.29 is 24.0 Å². The normalized spacial score (nSPS) is 18.8. The molecule has 0 atom stereocenters. The molecule has 2 rings (SSSR count). The van der Waals surface area contributed by atoms with Crippen molar-refractivity contribution in [3.05, 3.63) is 39.3 Å². The smallest absolute Gasteiger partial charge is 0.478 e. The number of benzene rings is 1. The highest BCUT2D eigenvalue weighted by atomic mass is 79.9. The average molecular weight is 441 g/mol. The molecule has 1 fully saturated rings. The van der Waals surface area contributed by atoms with Gasteiger partial charge in [-0.2, -0.15) is 0 Å². The van der Waals surface area contributed by atoms with Gasteiger partial charge in [-0.1, -0.05) is 39.8 Å². The maximum atomic E-state index is 11.4. The molecule has 0 spiro atoms. The van der Waals surface area contributed by atoms with E-state index in [1.807, 2.05) is 33.8 Å². The summed E-state index contributed by atoms with van der Waals surface area (Å²) in [6.45, 7) is 9.41. The van der Waals surface area contributed by atoms with Gasteiger partial charge in [0.2, 0.25) is 0 Å². The van der Waals surface area contributed by atoms with Crippen LogP contribution in [0.5, 0.6) is 0 Å². The van der Waals surface area contributed by atoms with Crippen LogP contribution < -0.4 is 0 Å². The lowest BCUT2D eigenvalue weighted by Gasteiger charge is -2.32. The van der Waals surface area contributed by atoms with Gasteiger partial charge in [0.15, 0.2) is 5.12 Å². The van der Waals surface area contributed by atoms with Crippen LogP contribution in [-0.2, 0) is 14.1 Å². The van der Waals surface area contributed by atoms with Crippen molar-refractivity contribution in [2.75, 3.05) is 5.75 Å². The van der Waals surface area contributed by atoms with Crippen LogP contribution in [-0.4, -0.2) is 40.3 Å². The summed E-state index contributed by atoms with van der Waals surface area (Å²) < 4.78 is 12.9. The molecule has 140 valence electrons. The Morgan fingerprint density at radius 2 is 1.81 bits per heavy atom. The molecule has 1 N–H and O–H groups in total. The molecular weight excluding hydrogens is 419 g/mol. The Kier molecular flexibility index (Phi) is 6.43. The molecule has 0 aromatic heterocycles. The molecule has 0 unspecified atom stereocenters. The van der Waals surface area contributed by atoms with Crippen LogP contribution >= 0.6 is 27.7 Å². The monoisotopic (exact) mass is 440 g/mol. The van der Waals surface area contributed by atoms with E-state index in [1.54, 1.807) is 18.2 Å². The van der Waals surface area contributed by atoms with Gasteiger partial charge in [0, 0.05) is 17.1 Å². The fourth-order valence-corrected chi connectivity index (χ4v) is 3.42. The fourth-order valence-electron chi connectivity index (χ4n) is 2.33. The Bertz CT molecular complexity index is 744. The zero-order chi connectivity index (χ0) is 19.7. The van der Waals surface area contributed by atoms with Gasteiger partial charge in [0.05, 0.1) is 16.8 Å². The molecule has 1 saturated heterocycles. The third-order valence-corrected chi connectivity index (χ3v) is 6.16. The molecule has 0 bridgehead atoms. The second-order valence-electron chi connectivity index (χ2n) is 7.13. The van der Waals surface area contributed by atoms with Gasteiger partial charge < -0.3 is 14.4 Å². The van der Waals surface area contributed by atoms with E-state index >= 15 is 0 Å². The highest BCUT2D eigenvalue weighted by Gasteiger charge is 2.52. The minimum absolute atomic E-state index is 0.00714. The quantitative estimate of drug-likeness (QED) is 0.682. The number of carboxylic acid groups (broad SMARTS) is 1. The number of carbonyl (C=O) groups excluding carboxylic acids is 1. The number of halogens is 1. The van der Waals surface area contributed by atoms with E-state index in [0.717, 1.165) is 11.0 Å². The van der Waals surface area contributed by atoms with E-state index in [4.69, 9.17) is 14.4 Å². The Morgan fingerprint density at radius 1 is 1.23 bits per heavy atom. The largest absolute Gasteiger partial charge is 0.491 e. The number of aromatic carboxylic acids is 1. The lowest BCUT2D eigenvalue weighted by atomic mass is 9.78. The third-order valence-electron chi connectivity index (χ3n) is 4.59. The molecular formula is C18H22BBrO5S. The first kappa shape index (κ1) is 21.2. The first-order chi connectivity index (χ1) is 11.9. The molecule has 1 aliphatic heterocycles. The Hall–Kier alpha value is -1.09. The van der Waals surface area contributed by atoms with E-state index in [2.05, 4.69) is 15.9 Å². The van der Waals surface area contributed by atoms with Crippen molar-refractivity contribution in [1.29, 1.82) is 0 Å². The third kappa shape index (κ3) is 4.79. The maximum Gasteiger partial charge on any atom is 0.491 e. The average Bonchev–Trinajstić information content (AvgIpc) is 2.72. The molecule has 1 heterocycles. The first-order valence-corrected chi connectivity index (χ1v) is 9.93. The molecule has 0 radical (unpaired) electrons. The van der Waals surface area contributed by atoms with E-state index in [9.17, 15) is 9.59 Å². The van der Waals surface area contributed by atoms with Crippen LogP contribution in [0.15, 0.2) is 28.1 Å². The Morgan fingerprint density at radius 3 is 2.27 bits per heavy atom. The van der Waals surface area contributed by atoms with Crippen LogP contribution in [0.2, 0.25) is 0 Å². The van der Waals surface area contributed by atoms with E-state index in [0.29, 0.717) is 10.2 Å². The predicted molar refractivity (Wildman–Crippen MR) is 108 cm³/mol. The standard InChI is InChI=1S/C18H22BBrO5S/c1-11(21)26-10-14(19-24-17(2,3)18(4,5)25-19)8-12-6-7-13(16(22)23)9-15(12)20/h6-9H,10H2,1-5H3,(H,22,23). The predicted octanol–water partition coefficient (Wildman–Crippen LogP) is 4.44. The second-order valence-corrected chi connectivity index (χ2v) is 9.14. The second kappa shape index (κ2) is 7.88. The molecule has 5 nitrogen and oxygen atoms in total. The van der Waals surface area contributed by atoms with Gasteiger partial charge >= 0.3 is 13.1 Å². The van der Waals surface area contributed by atoms with Gasteiger partial charge in [-0.25, -0.2) is 4.79 Å². The van der Waals surface area contributed by atoms with Gasteiger partial charge in [0.1, 0.15) is 0 Å². The van der Waals surface area contributed by atoms with Crippen LogP contribution in [0.1, 0.15) is 50.5 Å². The van der Waals surface area contributed by atoms with Crippen LogP contribution in [0, 0.1) is 0 Å². The summed E-state index contributed by atoms with van der Waals surface area (Å²) in [5, 5.41) is 9.11. The van der Waals surface area contributed by atoms with E-state index in [1.165, 1.54) is 18.7 Å². The summed E-state index contributed by atoms with van der Waals surface area (Å²) in [4.78, 5) is 22.5. The number of carbonyl (C=O) groups is 2. The minimum atomic E-state index is -0.987. The highest BCUT2D eigenvalue weighted by Crippen LogP contribution is 2.39. The molecule has 26 heavy (non-hydrogen) atoms. The molecule has 0 aliphatic carbocycles. The summed E-state index contributed by atoms with van der Waals surface area (Å²) in [7, 11) is -0.571. The summed E-state index contributed by atoms with van der Waals surface area (Å²) in [6, 6.07) is 4.81. The molecule has 0 saturated carbocycles. The number of hydrogen-bond acceptors (Lipinski definition) is 5.